The van der Waals surface area contributed by atoms with E-state index in [0.29, 0.717) is 6.54 Å². The molecule has 2 N–H and O–H groups in total. The van der Waals surface area contributed by atoms with E-state index in [0.717, 1.165) is 22.4 Å². The lowest BCUT2D eigenvalue weighted by atomic mass is 10.1. The number of anilines is 1. The van der Waals surface area contributed by atoms with Crippen molar-refractivity contribution in [2.45, 2.75) is 33.4 Å². The number of nitrogens with zero attached hydrogens (tertiary/aromatic N) is 1. The Morgan fingerprint density at radius 3 is 2.55 bits per heavy atom. The highest BCUT2D eigenvalue weighted by atomic mass is 32.1. The minimum atomic E-state index is 0.0713. The lowest BCUT2D eigenvalue weighted by Crippen LogP contribution is -2.36. The lowest BCUT2D eigenvalue weighted by Gasteiger charge is -2.27. The fraction of sp³-hybridized carbons (Fsp3) is 0.312. The topological polar surface area (TPSA) is 46.3 Å². The summed E-state index contributed by atoms with van der Waals surface area (Å²) in [5.41, 5.74) is 9.52. The maximum Gasteiger partial charge on any atom is 0.255 e. The monoisotopic (exact) mass is 288 g/mol. The highest BCUT2D eigenvalue weighted by Gasteiger charge is 2.21. The van der Waals surface area contributed by atoms with Gasteiger partial charge in [0.25, 0.3) is 5.91 Å². The smallest absolute Gasteiger partial charge is 0.255 e. The molecule has 2 rings (SSSR count). The number of para-hydroxylation sites is 1. The summed E-state index contributed by atoms with van der Waals surface area (Å²) in [4.78, 5) is 14.5. The van der Waals surface area contributed by atoms with Gasteiger partial charge in [0.1, 0.15) is 0 Å². The van der Waals surface area contributed by atoms with E-state index in [1.54, 1.807) is 11.3 Å². The molecular formula is C16H20N2OS. The minimum Gasteiger partial charge on any atom is -0.398 e. The van der Waals surface area contributed by atoms with Gasteiger partial charge < -0.3 is 10.6 Å². The van der Waals surface area contributed by atoms with Crippen molar-refractivity contribution in [2.75, 3.05) is 5.73 Å². The molecule has 0 saturated heterocycles. The molecule has 1 aromatic carbocycles. The molecule has 0 atom stereocenters. The van der Waals surface area contributed by atoms with Gasteiger partial charge in [-0.3, -0.25) is 4.79 Å². The zero-order valence-corrected chi connectivity index (χ0v) is 12.9. The maximum absolute atomic E-state index is 12.7. The number of carbonyl (C=O) groups is 1. The number of hydrogen-bond donors (Lipinski definition) is 1. The van der Waals surface area contributed by atoms with Gasteiger partial charge in [-0.1, -0.05) is 18.2 Å². The fourth-order valence-electron chi connectivity index (χ4n) is 2.08. The molecular weight excluding hydrogens is 268 g/mol. The summed E-state index contributed by atoms with van der Waals surface area (Å²) in [6, 6.07) is 7.82. The van der Waals surface area contributed by atoms with Gasteiger partial charge in [-0.25, -0.2) is 0 Å². The standard InChI is InChI=1S/C16H20N2OS/c1-11(2)18(8-13-6-4-5-7-15(13)17)16(19)14-10-20-9-12(14)3/h4-7,9-11H,8,17H2,1-3H3. The highest BCUT2D eigenvalue weighted by Crippen LogP contribution is 2.21. The molecule has 1 aromatic heterocycles. The van der Waals surface area contributed by atoms with Crippen molar-refractivity contribution in [2.24, 2.45) is 0 Å². The van der Waals surface area contributed by atoms with Crippen molar-refractivity contribution in [1.82, 2.24) is 4.90 Å². The molecule has 1 amide bonds. The molecule has 3 nitrogen and oxygen atoms in total. The van der Waals surface area contributed by atoms with E-state index < -0.39 is 0 Å². The second kappa shape index (κ2) is 6.09. The Balaban J connectivity index is 2.27. The second-order valence-corrected chi connectivity index (χ2v) is 5.94. The number of benzene rings is 1. The van der Waals surface area contributed by atoms with Crippen molar-refractivity contribution in [3.63, 3.8) is 0 Å². The highest BCUT2D eigenvalue weighted by molar-refractivity contribution is 7.08. The van der Waals surface area contributed by atoms with Crippen LogP contribution in [0.2, 0.25) is 0 Å². The predicted molar refractivity (Wildman–Crippen MR) is 84.9 cm³/mol. The Bertz CT molecular complexity index is 604. The SMILES string of the molecule is Cc1cscc1C(=O)N(Cc1ccccc1N)C(C)C. The van der Waals surface area contributed by atoms with E-state index in [4.69, 9.17) is 5.73 Å². The number of nitrogens with two attached hydrogens (primary N) is 1. The molecule has 0 radical (unpaired) electrons. The average Bonchev–Trinajstić information content (AvgIpc) is 2.83. The molecule has 20 heavy (non-hydrogen) atoms. The summed E-state index contributed by atoms with van der Waals surface area (Å²) < 4.78 is 0. The van der Waals surface area contributed by atoms with E-state index in [1.807, 2.05) is 60.7 Å². The van der Waals surface area contributed by atoms with Gasteiger partial charge in [0.2, 0.25) is 0 Å². The lowest BCUT2D eigenvalue weighted by molar-refractivity contribution is 0.0690. The van der Waals surface area contributed by atoms with Crippen LogP contribution >= 0.6 is 11.3 Å². The van der Waals surface area contributed by atoms with Crippen molar-refractivity contribution < 1.29 is 4.79 Å². The molecule has 0 saturated carbocycles. The number of hydrogen-bond acceptors (Lipinski definition) is 3. The Labute approximate surface area is 124 Å². The van der Waals surface area contributed by atoms with Crippen LogP contribution in [0.1, 0.15) is 35.3 Å². The van der Waals surface area contributed by atoms with Gasteiger partial charge in [-0.2, -0.15) is 11.3 Å². The fourth-order valence-corrected chi connectivity index (χ4v) is 2.91. The Morgan fingerprint density at radius 2 is 2.00 bits per heavy atom. The summed E-state index contributed by atoms with van der Waals surface area (Å²) in [6.45, 7) is 6.56. The van der Waals surface area contributed by atoms with Crippen LogP contribution in [0.5, 0.6) is 0 Å². The third-order valence-electron chi connectivity index (χ3n) is 3.37. The quantitative estimate of drug-likeness (QED) is 0.872. The van der Waals surface area contributed by atoms with Crippen LogP contribution in [0.3, 0.4) is 0 Å². The first-order valence-corrected chi connectivity index (χ1v) is 7.62. The number of amides is 1. The predicted octanol–water partition coefficient (Wildman–Crippen LogP) is 3.69. The Kier molecular flexibility index (Phi) is 4.45. The summed E-state index contributed by atoms with van der Waals surface area (Å²) in [5, 5.41) is 3.92. The summed E-state index contributed by atoms with van der Waals surface area (Å²) in [5.74, 6) is 0.0713. The van der Waals surface area contributed by atoms with Gasteiger partial charge in [-0.15, -0.1) is 0 Å². The first-order valence-electron chi connectivity index (χ1n) is 6.68. The van der Waals surface area contributed by atoms with Crippen LogP contribution < -0.4 is 5.73 Å². The molecule has 0 aliphatic carbocycles. The van der Waals surface area contributed by atoms with Gasteiger partial charge in [0, 0.05) is 23.7 Å². The van der Waals surface area contributed by atoms with Crippen molar-refractivity contribution >= 4 is 22.9 Å². The number of carbonyl (C=O) groups excluding carboxylic acids is 1. The van der Waals surface area contributed by atoms with Crippen LogP contribution in [-0.2, 0) is 6.54 Å². The molecule has 106 valence electrons. The Morgan fingerprint density at radius 1 is 1.30 bits per heavy atom. The van der Waals surface area contributed by atoms with Crippen molar-refractivity contribution in [1.29, 1.82) is 0 Å². The molecule has 0 aliphatic heterocycles. The van der Waals surface area contributed by atoms with Crippen LogP contribution in [0.25, 0.3) is 0 Å². The Hall–Kier alpha value is -1.81. The van der Waals surface area contributed by atoms with Crippen LogP contribution in [0.15, 0.2) is 35.0 Å². The first-order chi connectivity index (χ1) is 9.50. The van der Waals surface area contributed by atoms with E-state index in [-0.39, 0.29) is 11.9 Å². The summed E-state index contributed by atoms with van der Waals surface area (Å²) >= 11 is 1.56. The third-order valence-corrected chi connectivity index (χ3v) is 4.23. The molecule has 2 aromatic rings. The van der Waals surface area contributed by atoms with Gasteiger partial charge >= 0.3 is 0 Å². The summed E-state index contributed by atoms with van der Waals surface area (Å²) in [6.07, 6.45) is 0. The van der Waals surface area contributed by atoms with Crippen molar-refractivity contribution in [3.05, 3.63) is 51.7 Å². The van der Waals surface area contributed by atoms with Crippen LogP contribution in [0.4, 0.5) is 5.69 Å². The van der Waals surface area contributed by atoms with Gasteiger partial charge in [0.15, 0.2) is 0 Å². The average molecular weight is 288 g/mol. The van der Waals surface area contributed by atoms with E-state index >= 15 is 0 Å². The first kappa shape index (κ1) is 14.6. The van der Waals surface area contributed by atoms with Crippen LogP contribution in [0, 0.1) is 6.92 Å². The molecule has 0 spiro atoms. The molecule has 1 heterocycles. The summed E-state index contributed by atoms with van der Waals surface area (Å²) in [7, 11) is 0. The molecule has 0 unspecified atom stereocenters. The van der Waals surface area contributed by atoms with E-state index in [1.165, 1.54) is 0 Å². The molecule has 4 heteroatoms. The second-order valence-electron chi connectivity index (χ2n) is 5.19. The van der Waals surface area contributed by atoms with E-state index in [2.05, 4.69) is 0 Å². The van der Waals surface area contributed by atoms with Gasteiger partial charge in [0.05, 0.1) is 5.56 Å². The number of aryl methyl sites for hydroxylation is 1. The third kappa shape index (κ3) is 3.02. The largest absolute Gasteiger partial charge is 0.398 e. The van der Waals surface area contributed by atoms with Gasteiger partial charge in [-0.05, 0) is 43.3 Å². The van der Waals surface area contributed by atoms with Crippen LogP contribution in [-0.4, -0.2) is 16.8 Å². The van der Waals surface area contributed by atoms with Crippen molar-refractivity contribution in [3.8, 4) is 0 Å². The zero-order chi connectivity index (χ0) is 14.7. The normalized spacial score (nSPS) is 10.8. The molecule has 0 bridgehead atoms. The number of rotatable bonds is 4. The minimum absolute atomic E-state index is 0.0713. The van der Waals surface area contributed by atoms with E-state index in [9.17, 15) is 4.79 Å². The number of thiophene rings is 1. The molecule has 0 fully saturated rings. The maximum atomic E-state index is 12.7. The number of nitrogen functional groups attached to an aromatic ring is 1. The molecule has 0 aliphatic rings. The zero-order valence-electron chi connectivity index (χ0n) is 12.1.